The molecule has 2 aromatic rings. The second-order valence-corrected chi connectivity index (χ2v) is 6.68. The van der Waals surface area contributed by atoms with Gasteiger partial charge in [0.2, 0.25) is 5.91 Å². The maximum atomic E-state index is 13.8. The molecule has 2 rings (SSSR count). The van der Waals surface area contributed by atoms with Gasteiger partial charge in [-0.3, -0.25) is 9.69 Å². The van der Waals surface area contributed by atoms with Crippen molar-refractivity contribution >= 4 is 27.5 Å². The largest absolute Gasteiger partial charge is 0.493 e. The van der Waals surface area contributed by atoms with Gasteiger partial charge in [-0.15, -0.1) is 0 Å². The summed E-state index contributed by atoms with van der Waals surface area (Å²) in [7, 11) is 3.41. The fourth-order valence-corrected chi connectivity index (χ4v) is 2.81. The number of benzene rings is 2. The highest BCUT2D eigenvalue weighted by atomic mass is 79.9. The van der Waals surface area contributed by atoms with E-state index in [0.29, 0.717) is 29.1 Å². The summed E-state index contributed by atoms with van der Waals surface area (Å²) in [5.74, 6) is 0.572. The molecule has 0 unspecified atom stereocenters. The normalized spacial score (nSPS) is 10.7. The Bertz CT molecular complexity index is 770. The molecule has 140 valence electrons. The van der Waals surface area contributed by atoms with Gasteiger partial charge >= 0.3 is 0 Å². The van der Waals surface area contributed by atoms with Crippen molar-refractivity contribution in [2.24, 2.45) is 0 Å². The average Bonchev–Trinajstić information content (AvgIpc) is 2.58. The van der Waals surface area contributed by atoms with Crippen LogP contribution in [0.1, 0.15) is 12.5 Å². The second-order valence-electron chi connectivity index (χ2n) is 5.76. The Morgan fingerprint density at radius 3 is 2.65 bits per heavy atom. The van der Waals surface area contributed by atoms with E-state index < -0.39 is 5.82 Å². The minimum atomic E-state index is -0.480. The van der Waals surface area contributed by atoms with Crippen LogP contribution in [-0.2, 0) is 11.3 Å². The number of ether oxygens (including phenoxy) is 2. The Morgan fingerprint density at radius 2 is 2.00 bits per heavy atom. The van der Waals surface area contributed by atoms with Crippen LogP contribution in [-0.4, -0.2) is 38.1 Å². The molecule has 0 spiro atoms. The van der Waals surface area contributed by atoms with Crippen molar-refractivity contribution in [3.8, 4) is 11.5 Å². The van der Waals surface area contributed by atoms with Crippen LogP contribution in [0, 0.1) is 5.82 Å². The maximum absolute atomic E-state index is 13.8. The monoisotopic (exact) mass is 424 g/mol. The number of nitrogens with zero attached hydrogens (tertiary/aromatic N) is 1. The van der Waals surface area contributed by atoms with Crippen LogP contribution in [0.15, 0.2) is 40.9 Å². The standard InChI is InChI=1S/C19H22BrFN2O3/c1-4-26-17-8-5-13(9-18(17)25-3)11-23(2)12-19(24)22-16-7-6-14(20)10-15(16)21/h5-10H,4,11-12H2,1-3H3,(H,22,24). The number of rotatable bonds is 8. The number of carbonyl (C=O) groups excluding carboxylic acids is 1. The van der Waals surface area contributed by atoms with Gasteiger partial charge in [-0.25, -0.2) is 4.39 Å². The molecule has 0 heterocycles. The van der Waals surface area contributed by atoms with Crippen LogP contribution in [0.3, 0.4) is 0 Å². The third-order valence-electron chi connectivity index (χ3n) is 3.60. The van der Waals surface area contributed by atoms with Crippen molar-refractivity contribution in [3.05, 3.63) is 52.3 Å². The summed E-state index contributed by atoms with van der Waals surface area (Å²) in [6, 6.07) is 10.2. The van der Waals surface area contributed by atoms with E-state index in [1.54, 1.807) is 13.2 Å². The topological polar surface area (TPSA) is 50.8 Å². The van der Waals surface area contributed by atoms with Gasteiger partial charge in [0, 0.05) is 11.0 Å². The van der Waals surface area contributed by atoms with Gasteiger partial charge in [0.15, 0.2) is 11.5 Å². The van der Waals surface area contributed by atoms with E-state index in [2.05, 4.69) is 21.2 Å². The van der Waals surface area contributed by atoms with E-state index in [1.807, 2.05) is 37.1 Å². The van der Waals surface area contributed by atoms with Gasteiger partial charge in [-0.2, -0.15) is 0 Å². The van der Waals surface area contributed by atoms with Gasteiger partial charge < -0.3 is 14.8 Å². The van der Waals surface area contributed by atoms with Crippen molar-refractivity contribution in [3.63, 3.8) is 0 Å². The van der Waals surface area contributed by atoms with E-state index in [9.17, 15) is 9.18 Å². The zero-order valence-electron chi connectivity index (χ0n) is 15.0. The van der Waals surface area contributed by atoms with Gasteiger partial charge in [0.25, 0.3) is 0 Å². The molecule has 0 atom stereocenters. The van der Waals surface area contributed by atoms with Crippen molar-refractivity contribution in [1.82, 2.24) is 4.90 Å². The first-order valence-corrected chi connectivity index (χ1v) is 8.95. The molecule has 0 saturated carbocycles. The maximum Gasteiger partial charge on any atom is 0.238 e. The van der Waals surface area contributed by atoms with E-state index in [4.69, 9.17) is 9.47 Å². The Kier molecular flexibility index (Phi) is 7.41. The molecule has 0 radical (unpaired) electrons. The molecule has 5 nitrogen and oxygen atoms in total. The lowest BCUT2D eigenvalue weighted by Crippen LogP contribution is -2.30. The summed E-state index contributed by atoms with van der Waals surface area (Å²) in [5, 5.41) is 2.58. The fraction of sp³-hybridized carbons (Fsp3) is 0.316. The lowest BCUT2D eigenvalue weighted by atomic mass is 10.2. The molecule has 2 aromatic carbocycles. The average molecular weight is 425 g/mol. The highest BCUT2D eigenvalue weighted by molar-refractivity contribution is 9.10. The molecule has 1 N–H and O–H groups in total. The molecule has 7 heteroatoms. The first kappa shape index (κ1) is 20.2. The van der Waals surface area contributed by atoms with Crippen LogP contribution in [0.5, 0.6) is 11.5 Å². The van der Waals surface area contributed by atoms with Crippen LogP contribution in [0.4, 0.5) is 10.1 Å². The molecule has 0 saturated heterocycles. The smallest absolute Gasteiger partial charge is 0.238 e. The molecule has 1 amide bonds. The molecule has 0 aliphatic rings. The summed E-state index contributed by atoms with van der Waals surface area (Å²) in [4.78, 5) is 14.0. The third-order valence-corrected chi connectivity index (χ3v) is 4.09. The van der Waals surface area contributed by atoms with Crippen LogP contribution < -0.4 is 14.8 Å². The minimum absolute atomic E-state index is 0.130. The molecular weight excluding hydrogens is 403 g/mol. The zero-order valence-corrected chi connectivity index (χ0v) is 16.6. The van der Waals surface area contributed by atoms with Gasteiger partial charge in [-0.1, -0.05) is 22.0 Å². The number of halogens is 2. The van der Waals surface area contributed by atoms with Crippen LogP contribution >= 0.6 is 15.9 Å². The van der Waals surface area contributed by atoms with E-state index in [0.717, 1.165) is 5.56 Å². The first-order valence-electron chi connectivity index (χ1n) is 8.16. The lowest BCUT2D eigenvalue weighted by molar-refractivity contribution is -0.117. The summed E-state index contributed by atoms with van der Waals surface area (Å²) >= 11 is 3.19. The SMILES string of the molecule is CCOc1ccc(CN(C)CC(=O)Nc2ccc(Br)cc2F)cc1OC. The molecule has 0 aromatic heterocycles. The van der Waals surface area contributed by atoms with E-state index in [-0.39, 0.29) is 18.1 Å². The van der Waals surface area contributed by atoms with Crippen molar-refractivity contribution in [2.45, 2.75) is 13.5 Å². The highest BCUT2D eigenvalue weighted by Gasteiger charge is 2.12. The Morgan fingerprint density at radius 1 is 1.23 bits per heavy atom. The van der Waals surface area contributed by atoms with Crippen molar-refractivity contribution < 1.29 is 18.7 Å². The predicted octanol–water partition coefficient (Wildman–Crippen LogP) is 4.07. The fourth-order valence-electron chi connectivity index (χ4n) is 2.48. The molecule has 0 aliphatic heterocycles. The number of methoxy groups -OCH3 is 1. The highest BCUT2D eigenvalue weighted by Crippen LogP contribution is 2.28. The van der Waals surface area contributed by atoms with E-state index >= 15 is 0 Å². The van der Waals surface area contributed by atoms with Crippen molar-refractivity contribution in [1.29, 1.82) is 0 Å². The van der Waals surface area contributed by atoms with Gasteiger partial charge in [0.1, 0.15) is 5.82 Å². The molecular formula is C19H22BrFN2O3. The lowest BCUT2D eigenvalue weighted by Gasteiger charge is -2.18. The van der Waals surface area contributed by atoms with Gasteiger partial charge in [0.05, 0.1) is 25.9 Å². The van der Waals surface area contributed by atoms with Gasteiger partial charge in [-0.05, 0) is 49.9 Å². The first-order chi connectivity index (χ1) is 12.4. The quantitative estimate of drug-likeness (QED) is 0.693. The molecule has 0 aliphatic carbocycles. The zero-order chi connectivity index (χ0) is 19.1. The van der Waals surface area contributed by atoms with Crippen LogP contribution in [0.2, 0.25) is 0 Å². The number of hydrogen-bond donors (Lipinski definition) is 1. The predicted molar refractivity (Wildman–Crippen MR) is 103 cm³/mol. The second kappa shape index (κ2) is 9.54. The molecule has 0 bridgehead atoms. The number of nitrogens with one attached hydrogen (secondary N) is 1. The summed E-state index contributed by atoms with van der Waals surface area (Å²) in [6.07, 6.45) is 0. The number of likely N-dealkylation sites (N-methyl/N-ethyl adjacent to an activating group) is 1. The number of hydrogen-bond acceptors (Lipinski definition) is 4. The third kappa shape index (κ3) is 5.71. The molecule has 0 fully saturated rings. The Hall–Kier alpha value is -2.12. The summed E-state index contributed by atoms with van der Waals surface area (Å²) in [5.41, 5.74) is 1.14. The number of anilines is 1. The Labute approximate surface area is 161 Å². The molecule has 26 heavy (non-hydrogen) atoms. The van der Waals surface area contributed by atoms with Crippen molar-refractivity contribution in [2.75, 3.05) is 32.6 Å². The summed E-state index contributed by atoms with van der Waals surface area (Å²) in [6.45, 7) is 3.14. The number of carbonyl (C=O) groups is 1. The summed E-state index contributed by atoms with van der Waals surface area (Å²) < 4.78 is 25.2. The minimum Gasteiger partial charge on any atom is -0.493 e. The van der Waals surface area contributed by atoms with Crippen LogP contribution in [0.25, 0.3) is 0 Å². The Balaban J connectivity index is 1.95. The van der Waals surface area contributed by atoms with E-state index in [1.165, 1.54) is 12.1 Å². The number of amides is 1.